The lowest BCUT2D eigenvalue weighted by Gasteiger charge is -2.32. The van der Waals surface area contributed by atoms with E-state index in [1.807, 2.05) is 17.5 Å². The summed E-state index contributed by atoms with van der Waals surface area (Å²) in [7, 11) is 1.43. The molecule has 2 aliphatic rings. The maximum atomic E-state index is 12.6. The molecule has 7 heteroatoms. The van der Waals surface area contributed by atoms with Crippen LogP contribution in [0.15, 0.2) is 28.1 Å². The van der Waals surface area contributed by atoms with Gasteiger partial charge in [-0.3, -0.25) is 9.59 Å². The molecule has 2 aromatic heterocycles. The summed E-state index contributed by atoms with van der Waals surface area (Å²) in [5.41, 5.74) is 0.394. The number of nitrogens with zero attached hydrogens (tertiary/aromatic N) is 2. The van der Waals surface area contributed by atoms with Crippen molar-refractivity contribution in [2.45, 2.75) is 19.3 Å². The van der Waals surface area contributed by atoms with Crippen LogP contribution < -0.4 is 0 Å². The number of esters is 1. The van der Waals surface area contributed by atoms with Crippen LogP contribution in [0.3, 0.4) is 0 Å². The van der Waals surface area contributed by atoms with Gasteiger partial charge in [0.2, 0.25) is 0 Å². The zero-order valence-electron chi connectivity index (χ0n) is 13.4. The molecule has 1 unspecified atom stereocenters. The Morgan fingerprint density at radius 1 is 1.42 bits per heavy atom. The smallest absolute Gasteiger partial charge is 0.309 e. The van der Waals surface area contributed by atoms with E-state index in [4.69, 9.17) is 9.26 Å². The van der Waals surface area contributed by atoms with Crippen molar-refractivity contribution in [1.29, 1.82) is 0 Å². The Balaban J connectivity index is 1.40. The Kier molecular flexibility index (Phi) is 3.68. The van der Waals surface area contributed by atoms with Gasteiger partial charge >= 0.3 is 5.97 Å². The Labute approximate surface area is 143 Å². The van der Waals surface area contributed by atoms with Crippen molar-refractivity contribution in [3.05, 3.63) is 29.3 Å². The molecule has 0 aromatic carbocycles. The number of piperidine rings is 1. The van der Waals surface area contributed by atoms with Gasteiger partial charge < -0.3 is 14.2 Å². The van der Waals surface area contributed by atoms with Gasteiger partial charge in [0.05, 0.1) is 17.9 Å². The molecule has 4 rings (SSSR count). The molecule has 1 saturated carbocycles. The van der Waals surface area contributed by atoms with Crippen molar-refractivity contribution >= 4 is 23.2 Å². The zero-order chi connectivity index (χ0) is 16.7. The standard InChI is InChI=1S/C17H18N2O4S/c1-22-16(21)11-10-17(11)4-6-19(7-5-17)15(20)12-9-13(23-18-12)14-3-2-8-24-14/h2-3,8-9,11H,4-7,10H2,1H3. The van der Waals surface area contributed by atoms with Gasteiger partial charge in [-0.15, -0.1) is 11.3 Å². The van der Waals surface area contributed by atoms with Crippen LogP contribution in [0.2, 0.25) is 0 Å². The third-order valence-electron chi connectivity index (χ3n) is 5.22. The van der Waals surface area contributed by atoms with Crippen LogP contribution in [0.5, 0.6) is 0 Å². The average molecular weight is 346 g/mol. The van der Waals surface area contributed by atoms with Gasteiger partial charge in [-0.2, -0.15) is 0 Å². The predicted octanol–water partition coefficient (Wildman–Crippen LogP) is 2.82. The van der Waals surface area contributed by atoms with Gasteiger partial charge in [-0.1, -0.05) is 11.2 Å². The molecule has 1 aliphatic heterocycles. The first-order valence-electron chi connectivity index (χ1n) is 8.01. The summed E-state index contributed by atoms with van der Waals surface area (Å²) >= 11 is 1.55. The topological polar surface area (TPSA) is 72.6 Å². The van der Waals surface area contributed by atoms with E-state index in [1.54, 1.807) is 22.3 Å². The maximum absolute atomic E-state index is 12.6. The summed E-state index contributed by atoms with van der Waals surface area (Å²) in [6.07, 6.45) is 2.57. The highest BCUT2D eigenvalue weighted by Crippen LogP contribution is 2.59. The fraction of sp³-hybridized carbons (Fsp3) is 0.471. The summed E-state index contributed by atoms with van der Waals surface area (Å²) in [4.78, 5) is 27.0. The molecule has 0 N–H and O–H groups in total. The van der Waals surface area contributed by atoms with Gasteiger partial charge in [0, 0.05) is 19.2 Å². The Bertz CT molecular complexity index is 759. The summed E-state index contributed by atoms with van der Waals surface area (Å²) in [6.45, 7) is 1.29. The minimum atomic E-state index is -0.119. The summed E-state index contributed by atoms with van der Waals surface area (Å²) in [5, 5.41) is 5.88. The number of hydrogen-bond donors (Lipinski definition) is 0. The monoisotopic (exact) mass is 346 g/mol. The number of methoxy groups -OCH3 is 1. The quantitative estimate of drug-likeness (QED) is 0.799. The fourth-order valence-electron chi connectivity index (χ4n) is 3.60. The first-order chi connectivity index (χ1) is 11.6. The highest BCUT2D eigenvalue weighted by atomic mass is 32.1. The second kappa shape index (κ2) is 5.73. The van der Waals surface area contributed by atoms with Gasteiger partial charge in [0.25, 0.3) is 5.91 Å². The molecule has 2 fully saturated rings. The van der Waals surface area contributed by atoms with E-state index in [-0.39, 0.29) is 23.2 Å². The molecule has 1 saturated heterocycles. The van der Waals surface area contributed by atoms with Crippen LogP contribution in [0.25, 0.3) is 10.6 Å². The molecular formula is C17H18N2O4S. The second-order valence-electron chi connectivity index (χ2n) is 6.49. The number of likely N-dealkylation sites (tertiary alicyclic amines) is 1. The number of amides is 1. The highest BCUT2D eigenvalue weighted by molar-refractivity contribution is 7.13. The van der Waals surface area contributed by atoms with Crippen LogP contribution in [0.1, 0.15) is 29.8 Å². The third-order valence-corrected chi connectivity index (χ3v) is 6.10. The first-order valence-corrected chi connectivity index (χ1v) is 8.89. The number of aromatic nitrogens is 1. The van der Waals surface area contributed by atoms with Crippen LogP contribution in [0, 0.1) is 11.3 Å². The minimum absolute atomic E-state index is 0.0113. The van der Waals surface area contributed by atoms with Gasteiger partial charge in [-0.25, -0.2) is 0 Å². The third kappa shape index (κ3) is 2.53. The van der Waals surface area contributed by atoms with Crippen LogP contribution in [0.4, 0.5) is 0 Å². The van der Waals surface area contributed by atoms with Gasteiger partial charge in [0.1, 0.15) is 0 Å². The summed E-state index contributed by atoms with van der Waals surface area (Å²) in [5.74, 6) is 0.408. The lowest BCUT2D eigenvalue weighted by Crippen LogP contribution is -2.40. The molecule has 6 nitrogen and oxygen atoms in total. The van der Waals surface area contributed by atoms with Crippen molar-refractivity contribution in [2.24, 2.45) is 11.3 Å². The maximum Gasteiger partial charge on any atom is 0.309 e. The van der Waals surface area contributed by atoms with Gasteiger partial charge in [-0.05, 0) is 36.1 Å². The van der Waals surface area contributed by atoms with E-state index in [0.717, 1.165) is 24.1 Å². The molecular weight excluding hydrogens is 328 g/mol. The number of carbonyl (C=O) groups is 2. The normalized spacial score (nSPS) is 21.7. The van der Waals surface area contributed by atoms with Crippen molar-refractivity contribution in [1.82, 2.24) is 10.1 Å². The van der Waals surface area contributed by atoms with Crippen molar-refractivity contribution in [2.75, 3.05) is 20.2 Å². The van der Waals surface area contributed by atoms with Crippen molar-refractivity contribution in [3.8, 4) is 10.6 Å². The van der Waals surface area contributed by atoms with E-state index < -0.39 is 0 Å². The predicted molar refractivity (Wildman–Crippen MR) is 87.5 cm³/mol. The Hall–Kier alpha value is -2.15. The first kappa shape index (κ1) is 15.4. The molecule has 1 spiro atoms. The van der Waals surface area contributed by atoms with E-state index in [9.17, 15) is 9.59 Å². The number of carbonyl (C=O) groups excluding carboxylic acids is 2. The number of ether oxygens (including phenoxy) is 1. The molecule has 1 atom stereocenters. The molecule has 24 heavy (non-hydrogen) atoms. The van der Waals surface area contributed by atoms with E-state index in [2.05, 4.69) is 5.16 Å². The van der Waals surface area contributed by atoms with Crippen molar-refractivity contribution < 1.29 is 18.8 Å². The molecule has 2 aromatic rings. The van der Waals surface area contributed by atoms with Gasteiger partial charge in [0.15, 0.2) is 11.5 Å². The molecule has 3 heterocycles. The van der Waals surface area contributed by atoms with Crippen LogP contribution in [-0.4, -0.2) is 42.1 Å². The summed E-state index contributed by atoms with van der Waals surface area (Å²) in [6, 6.07) is 5.57. The summed E-state index contributed by atoms with van der Waals surface area (Å²) < 4.78 is 10.1. The van der Waals surface area contributed by atoms with Crippen LogP contribution in [-0.2, 0) is 9.53 Å². The number of thiophene rings is 1. The largest absolute Gasteiger partial charge is 0.469 e. The Morgan fingerprint density at radius 2 is 2.21 bits per heavy atom. The number of rotatable bonds is 3. The molecule has 0 bridgehead atoms. The Morgan fingerprint density at radius 3 is 2.88 bits per heavy atom. The fourth-order valence-corrected chi connectivity index (χ4v) is 4.28. The molecule has 126 valence electrons. The number of hydrogen-bond acceptors (Lipinski definition) is 6. The van der Waals surface area contributed by atoms with E-state index in [1.165, 1.54) is 7.11 Å². The minimum Gasteiger partial charge on any atom is -0.469 e. The molecule has 1 aliphatic carbocycles. The average Bonchev–Trinajstić information content (AvgIpc) is 3.05. The van der Waals surface area contributed by atoms with Crippen molar-refractivity contribution in [3.63, 3.8) is 0 Å². The highest BCUT2D eigenvalue weighted by Gasteiger charge is 2.59. The van der Waals surface area contributed by atoms with Crippen LogP contribution >= 0.6 is 11.3 Å². The lowest BCUT2D eigenvalue weighted by molar-refractivity contribution is -0.143. The SMILES string of the molecule is COC(=O)C1CC12CCN(C(=O)c1cc(-c3cccs3)on1)CC2. The van der Waals surface area contributed by atoms with E-state index in [0.29, 0.717) is 24.5 Å². The van der Waals surface area contributed by atoms with E-state index >= 15 is 0 Å². The second-order valence-corrected chi connectivity index (χ2v) is 7.44. The molecule has 0 radical (unpaired) electrons. The lowest BCUT2D eigenvalue weighted by atomic mass is 9.90. The zero-order valence-corrected chi connectivity index (χ0v) is 14.2. The molecule has 1 amide bonds.